The van der Waals surface area contributed by atoms with Gasteiger partial charge in [-0.3, -0.25) is 14.3 Å². The maximum absolute atomic E-state index is 13.5. The monoisotopic (exact) mass is 580 g/mol. The zero-order chi connectivity index (χ0) is 28.4. The number of ether oxygens (including phenoxy) is 1. The van der Waals surface area contributed by atoms with Crippen molar-refractivity contribution < 1.29 is 14.6 Å². The standard InChI is InChI=1S/C28H26Cl2N6O4/c1-3-23(25(38)11-17-4-6-22-18(10-17)14-34(32-22)8-9-37)35-15-26(40-2)21(13-28(35)39)20-12-19(29)5-7-24(20)36-16-27(30)31-33-36/h4-7,10,12-16,23,37H,3,8-9,11H2,1-2H3. The van der Waals surface area contributed by atoms with E-state index in [-0.39, 0.29) is 29.5 Å². The van der Waals surface area contributed by atoms with Crippen molar-refractivity contribution in [3.63, 3.8) is 0 Å². The van der Waals surface area contributed by atoms with Crippen LogP contribution in [0.2, 0.25) is 10.2 Å². The van der Waals surface area contributed by atoms with E-state index in [2.05, 4.69) is 15.4 Å². The summed E-state index contributed by atoms with van der Waals surface area (Å²) in [5.41, 5.74) is 2.90. The third-order valence-corrected chi connectivity index (χ3v) is 7.05. The van der Waals surface area contributed by atoms with Gasteiger partial charge in [0.25, 0.3) is 5.56 Å². The molecule has 10 nitrogen and oxygen atoms in total. The predicted molar refractivity (Wildman–Crippen MR) is 152 cm³/mol. The number of aromatic nitrogens is 6. The molecule has 3 aromatic heterocycles. The Morgan fingerprint density at radius 2 is 1.90 bits per heavy atom. The molecular formula is C28H26Cl2N6O4. The third-order valence-electron chi connectivity index (χ3n) is 6.64. The minimum absolute atomic E-state index is 0.0120. The number of methoxy groups -OCH3 is 1. The summed E-state index contributed by atoms with van der Waals surface area (Å²) in [7, 11) is 1.50. The SMILES string of the molecule is CCC(C(=O)Cc1ccc2nn(CCO)cc2c1)n1cc(OC)c(-c2cc(Cl)ccc2-n2cc(Cl)nn2)cc1=O. The number of nitrogens with zero attached hydrogens (tertiary/aromatic N) is 6. The molecule has 0 saturated heterocycles. The maximum atomic E-state index is 13.5. The van der Waals surface area contributed by atoms with Crippen LogP contribution in [0.3, 0.4) is 0 Å². The molecule has 12 heteroatoms. The molecule has 0 aliphatic carbocycles. The molecule has 1 N–H and O–H groups in total. The van der Waals surface area contributed by atoms with Crippen LogP contribution >= 0.6 is 23.2 Å². The Balaban J connectivity index is 1.49. The first-order chi connectivity index (χ1) is 19.3. The number of aliphatic hydroxyl groups is 1. The number of carbonyl (C=O) groups is 1. The highest BCUT2D eigenvalue weighted by atomic mass is 35.5. The van der Waals surface area contributed by atoms with Gasteiger partial charge in [-0.05, 0) is 42.3 Å². The van der Waals surface area contributed by atoms with Gasteiger partial charge in [-0.15, -0.1) is 5.10 Å². The number of fused-ring (bicyclic) bond motifs is 1. The number of carbonyl (C=O) groups excluding carboxylic acids is 1. The van der Waals surface area contributed by atoms with E-state index in [1.165, 1.54) is 22.4 Å². The molecule has 3 heterocycles. The van der Waals surface area contributed by atoms with E-state index in [1.807, 2.05) is 31.3 Å². The lowest BCUT2D eigenvalue weighted by Crippen LogP contribution is -2.30. The molecule has 5 rings (SSSR count). The summed E-state index contributed by atoms with van der Waals surface area (Å²) in [4.78, 5) is 26.9. The number of halogens is 2. The Hall–Kier alpha value is -3.99. The number of hydrogen-bond donors (Lipinski definition) is 1. The van der Waals surface area contributed by atoms with Crippen molar-refractivity contribution in [3.8, 4) is 22.6 Å². The van der Waals surface area contributed by atoms with Crippen LogP contribution in [-0.4, -0.2) is 53.9 Å². The van der Waals surface area contributed by atoms with E-state index in [4.69, 9.17) is 27.9 Å². The third kappa shape index (κ3) is 5.51. The van der Waals surface area contributed by atoms with E-state index < -0.39 is 6.04 Å². The van der Waals surface area contributed by atoms with Gasteiger partial charge in [-0.2, -0.15) is 5.10 Å². The summed E-state index contributed by atoms with van der Waals surface area (Å²) < 4.78 is 10.3. The number of ketones is 1. The van der Waals surface area contributed by atoms with E-state index in [0.717, 1.165) is 16.5 Å². The Kier molecular flexibility index (Phi) is 8.02. The smallest absolute Gasteiger partial charge is 0.252 e. The highest BCUT2D eigenvalue weighted by molar-refractivity contribution is 6.31. The number of Topliss-reactive ketones (excluding diaryl/α,β-unsaturated/α-hetero) is 1. The van der Waals surface area contributed by atoms with Crippen LogP contribution in [0.4, 0.5) is 0 Å². The van der Waals surface area contributed by atoms with Gasteiger partial charge in [0.15, 0.2) is 10.9 Å². The molecule has 0 amide bonds. The summed E-state index contributed by atoms with van der Waals surface area (Å²) >= 11 is 12.3. The molecule has 0 saturated carbocycles. The highest BCUT2D eigenvalue weighted by Gasteiger charge is 2.23. The van der Waals surface area contributed by atoms with Crippen LogP contribution in [0, 0.1) is 0 Å². The van der Waals surface area contributed by atoms with Gasteiger partial charge >= 0.3 is 0 Å². The van der Waals surface area contributed by atoms with Crippen molar-refractivity contribution in [2.24, 2.45) is 0 Å². The zero-order valence-corrected chi connectivity index (χ0v) is 23.3. The molecule has 0 aliphatic heterocycles. The van der Waals surface area contributed by atoms with Crippen molar-refractivity contribution in [2.75, 3.05) is 13.7 Å². The molecular weight excluding hydrogens is 555 g/mol. The topological polar surface area (TPSA) is 117 Å². The molecule has 40 heavy (non-hydrogen) atoms. The number of rotatable bonds is 10. The highest BCUT2D eigenvalue weighted by Crippen LogP contribution is 2.35. The van der Waals surface area contributed by atoms with E-state index in [0.29, 0.717) is 40.6 Å². The van der Waals surface area contributed by atoms with Crippen LogP contribution in [0.15, 0.2) is 65.8 Å². The summed E-state index contributed by atoms with van der Waals surface area (Å²) in [6.07, 6.45) is 5.50. The molecule has 0 fully saturated rings. The van der Waals surface area contributed by atoms with Crippen molar-refractivity contribution in [2.45, 2.75) is 32.4 Å². The molecule has 0 aliphatic rings. The average molecular weight is 581 g/mol. The first kappa shape index (κ1) is 27.6. The largest absolute Gasteiger partial charge is 0.495 e. The van der Waals surface area contributed by atoms with Crippen LogP contribution in [0.1, 0.15) is 24.9 Å². The predicted octanol–water partition coefficient (Wildman–Crippen LogP) is 4.52. The second-order valence-electron chi connectivity index (χ2n) is 9.22. The molecule has 2 aromatic carbocycles. The molecule has 206 valence electrons. The normalized spacial score (nSPS) is 12.1. The minimum atomic E-state index is -0.698. The Labute approximate surface area is 239 Å². The molecule has 5 aromatic rings. The lowest BCUT2D eigenvalue weighted by Gasteiger charge is -2.20. The van der Waals surface area contributed by atoms with Crippen molar-refractivity contribution in [3.05, 3.63) is 87.1 Å². The number of aliphatic hydroxyl groups excluding tert-OH is 1. The summed E-state index contributed by atoms with van der Waals surface area (Å²) in [6.45, 7) is 2.24. The zero-order valence-electron chi connectivity index (χ0n) is 21.8. The van der Waals surface area contributed by atoms with Crippen LogP contribution < -0.4 is 10.3 Å². The maximum Gasteiger partial charge on any atom is 0.252 e. The van der Waals surface area contributed by atoms with Crippen molar-refractivity contribution in [1.29, 1.82) is 0 Å². The first-order valence-corrected chi connectivity index (χ1v) is 13.3. The molecule has 1 unspecified atom stereocenters. The fourth-order valence-corrected chi connectivity index (χ4v) is 5.08. The average Bonchev–Trinajstić information content (AvgIpc) is 3.55. The van der Waals surface area contributed by atoms with Gasteiger partial charge in [0, 0.05) is 40.2 Å². The second-order valence-corrected chi connectivity index (χ2v) is 10.0. The van der Waals surface area contributed by atoms with Gasteiger partial charge in [-0.25, -0.2) is 4.68 Å². The van der Waals surface area contributed by atoms with Gasteiger partial charge in [0.2, 0.25) is 0 Å². The van der Waals surface area contributed by atoms with Gasteiger partial charge in [0.1, 0.15) is 5.75 Å². The number of pyridine rings is 1. The Morgan fingerprint density at radius 3 is 2.60 bits per heavy atom. The van der Waals surface area contributed by atoms with E-state index >= 15 is 0 Å². The van der Waals surface area contributed by atoms with Crippen molar-refractivity contribution in [1.82, 2.24) is 29.3 Å². The van der Waals surface area contributed by atoms with E-state index in [9.17, 15) is 14.7 Å². The Morgan fingerprint density at radius 1 is 1.07 bits per heavy atom. The number of hydrogen-bond acceptors (Lipinski definition) is 7. The summed E-state index contributed by atoms with van der Waals surface area (Å²) in [5, 5.41) is 23.0. The molecule has 0 radical (unpaired) electrons. The lowest BCUT2D eigenvalue weighted by atomic mass is 9.99. The van der Waals surface area contributed by atoms with E-state index in [1.54, 1.807) is 35.3 Å². The van der Waals surface area contributed by atoms with Crippen molar-refractivity contribution >= 4 is 39.9 Å². The lowest BCUT2D eigenvalue weighted by molar-refractivity contribution is -0.121. The van der Waals surface area contributed by atoms with Gasteiger partial charge < -0.3 is 14.4 Å². The first-order valence-electron chi connectivity index (χ1n) is 12.6. The molecule has 1 atom stereocenters. The molecule has 0 spiro atoms. The minimum Gasteiger partial charge on any atom is -0.495 e. The van der Waals surface area contributed by atoms with Crippen LogP contribution in [-0.2, 0) is 17.8 Å². The van der Waals surface area contributed by atoms with Crippen LogP contribution in [0.25, 0.3) is 27.7 Å². The fraction of sp³-hybridized carbons (Fsp3) is 0.250. The Bertz CT molecular complexity index is 1760. The van der Waals surface area contributed by atoms with Crippen LogP contribution in [0.5, 0.6) is 5.75 Å². The quantitative estimate of drug-likeness (QED) is 0.258. The van der Waals surface area contributed by atoms with Gasteiger partial charge in [-0.1, -0.05) is 41.4 Å². The summed E-state index contributed by atoms with van der Waals surface area (Å²) in [6, 6.07) is 11.5. The fourth-order valence-electron chi connectivity index (χ4n) is 4.78. The summed E-state index contributed by atoms with van der Waals surface area (Å²) in [5.74, 6) is 0.278. The van der Waals surface area contributed by atoms with Gasteiger partial charge in [0.05, 0.1) is 49.9 Å². The molecule has 0 bridgehead atoms. The second kappa shape index (κ2) is 11.6. The number of benzene rings is 2.